The number of rotatable bonds is 4. The zero-order valence-corrected chi connectivity index (χ0v) is 13.5. The number of aryl methyl sites for hydroxylation is 1. The summed E-state index contributed by atoms with van der Waals surface area (Å²) in [6.07, 6.45) is 3.05. The molecule has 0 spiro atoms. The number of aliphatic imine (C=N–C) groups is 1. The average molecular weight is 363 g/mol. The molecule has 18 heavy (non-hydrogen) atoms. The normalized spacial score (nSPS) is 22.3. The highest BCUT2D eigenvalue weighted by Gasteiger charge is 2.33. The molecule has 2 atom stereocenters. The molecule has 1 saturated carbocycles. The smallest absolute Gasteiger partial charge is 0.191 e. The lowest BCUT2D eigenvalue weighted by molar-refractivity contribution is 0.704. The van der Waals surface area contributed by atoms with Crippen LogP contribution < -0.4 is 10.6 Å². The molecule has 2 N–H and O–H groups in total. The first-order valence-electron chi connectivity index (χ1n) is 6.22. The minimum atomic E-state index is 0. The molecule has 0 bridgehead atoms. The lowest BCUT2D eigenvalue weighted by Crippen LogP contribution is -2.39. The van der Waals surface area contributed by atoms with Crippen molar-refractivity contribution in [2.75, 3.05) is 6.54 Å². The highest BCUT2D eigenvalue weighted by atomic mass is 127. The number of halogens is 1. The van der Waals surface area contributed by atoms with Gasteiger partial charge in [0.2, 0.25) is 0 Å². The summed E-state index contributed by atoms with van der Waals surface area (Å²) in [5.74, 6) is 1.68. The molecule has 5 nitrogen and oxygen atoms in total. The van der Waals surface area contributed by atoms with Gasteiger partial charge in [0.15, 0.2) is 5.96 Å². The average Bonchev–Trinajstić information content (AvgIpc) is 2.83. The standard InChI is InChI=1S/C12H21N5.HI/c1-4-13-12(16-11-7-9(11)2)14-8-10-5-6-15-17(10)3;/h5-6,9,11H,4,7-8H2,1-3H3,(H2,13,14,16);1H. The Morgan fingerprint density at radius 1 is 1.61 bits per heavy atom. The fourth-order valence-electron chi connectivity index (χ4n) is 1.74. The second kappa shape index (κ2) is 6.96. The Labute approximate surface area is 125 Å². The highest BCUT2D eigenvalue weighted by molar-refractivity contribution is 14.0. The molecule has 0 amide bonds. The summed E-state index contributed by atoms with van der Waals surface area (Å²) < 4.78 is 1.85. The lowest BCUT2D eigenvalue weighted by atomic mass is 10.4. The first-order chi connectivity index (χ1) is 8.20. The zero-order valence-electron chi connectivity index (χ0n) is 11.2. The molecule has 0 aliphatic heterocycles. The molecule has 6 heteroatoms. The van der Waals surface area contributed by atoms with Gasteiger partial charge in [0, 0.05) is 25.8 Å². The van der Waals surface area contributed by atoms with E-state index >= 15 is 0 Å². The second-order valence-electron chi connectivity index (χ2n) is 4.61. The summed E-state index contributed by atoms with van der Waals surface area (Å²) in [4.78, 5) is 4.56. The van der Waals surface area contributed by atoms with E-state index in [1.54, 1.807) is 6.20 Å². The van der Waals surface area contributed by atoms with E-state index in [9.17, 15) is 0 Å². The third kappa shape index (κ3) is 4.15. The quantitative estimate of drug-likeness (QED) is 0.484. The molecule has 2 unspecified atom stereocenters. The fraction of sp³-hybridized carbons (Fsp3) is 0.667. The molecular formula is C12H22IN5. The molecule has 2 rings (SSSR count). The van der Waals surface area contributed by atoms with Gasteiger partial charge in [0.05, 0.1) is 12.2 Å². The van der Waals surface area contributed by atoms with Crippen LogP contribution in [0.15, 0.2) is 17.3 Å². The van der Waals surface area contributed by atoms with Crippen molar-refractivity contribution in [3.05, 3.63) is 18.0 Å². The molecule has 0 radical (unpaired) electrons. The van der Waals surface area contributed by atoms with Crippen molar-refractivity contribution in [3.8, 4) is 0 Å². The van der Waals surface area contributed by atoms with Gasteiger partial charge in [-0.05, 0) is 25.3 Å². The molecular weight excluding hydrogens is 341 g/mol. The summed E-state index contributed by atoms with van der Waals surface area (Å²) >= 11 is 0. The van der Waals surface area contributed by atoms with Crippen LogP contribution in [0.3, 0.4) is 0 Å². The van der Waals surface area contributed by atoms with Crippen LogP contribution in [0.2, 0.25) is 0 Å². The molecule has 1 aromatic rings. The molecule has 1 aliphatic carbocycles. The van der Waals surface area contributed by atoms with Crippen molar-refractivity contribution in [1.82, 2.24) is 20.4 Å². The SMILES string of the molecule is CCNC(=NCc1ccnn1C)NC1CC1C.I. The van der Waals surface area contributed by atoms with Crippen molar-refractivity contribution in [2.24, 2.45) is 18.0 Å². The van der Waals surface area contributed by atoms with E-state index in [4.69, 9.17) is 0 Å². The van der Waals surface area contributed by atoms with E-state index in [1.807, 2.05) is 17.8 Å². The van der Waals surface area contributed by atoms with Crippen molar-refractivity contribution in [3.63, 3.8) is 0 Å². The molecule has 1 heterocycles. The number of aromatic nitrogens is 2. The number of hydrogen-bond acceptors (Lipinski definition) is 2. The van der Waals surface area contributed by atoms with Crippen LogP contribution in [0.5, 0.6) is 0 Å². The lowest BCUT2D eigenvalue weighted by Gasteiger charge is -2.10. The predicted octanol–water partition coefficient (Wildman–Crippen LogP) is 1.50. The molecule has 1 aromatic heterocycles. The number of nitrogens with one attached hydrogen (secondary N) is 2. The number of hydrogen-bond donors (Lipinski definition) is 2. The van der Waals surface area contributed by atoms with Crippen molar-refractivity contribution in [1.29, 1.82) is 0 Å². The number of nitrogens with zero attached hydrogens (tertiary/aromatic N) is 3. The topological polar surface area (TPSA) is 54.2 Å². The Morgan fingerprint density at radius 2 is 2.33 bits per heavy atom. The minimum absolute atomic E-state index is 0. The summed E-state index contributed by atoms with van der Waals surface area (Å²) in [6.45, 7) is 5.88. The summed E-state index contributed by atoms with van der Waals surface area (Å²) in [5.41, 5.74) is 1.12. The maximum absolute atomic E-state index is 4.56. The van der Waals surface area contributed by atoms with Crippen molar-refractivity contribution >= 4 is 29.9 Å². The van der Waals surface area contributed by atoms with Crippen LogP contribution >= 0.6 is 24.0 Å². The van der Waals surface area contributed by atoms with Gasteiger partial charge in [-0.1, -0.05) is 6.92 Å². The van der Waals surface area contributed by atoms with E-state index in [2.05, 4.69) is 34.6 Å². The van der Waals surface area contributed by atoms with Gasteiger partial charge >= 0.3 is 0 Å². The Balaban J connectivity index is 0.00000162. The Hall–Kier alpha value is -0.790. The van der Waals surface area contributed by atoms with Crippen molar-refractivity contribution in [2.45, 2.75) is 32.9 Å². The number of guanidine groups is 1. The van der Waals surface area contributed by atoms with Crippen LogP contribution in [0.1, 0.15) is 26.0 Å². The van der Waals surface area contributed by atoms with Gasteiger partial charge in [-0.15, -0.1) is 24.0 Å². The summed E-state index contributed by atoms with van der Waals surface area (Å²) in [5, 5.41) is 10.8. The predicted molar refractivity (Wildman–Crippen MR) is 84.1 cm³/mol. The first-order valence-corrected chi connectivity index (χ1v) is 6.22. The third-order valence-corrected chi connectivity index (χ3v) is 3.10. The molecule has 0 saturated heterocycles. The largest absolute Gasteiger partial charge is 0.357 e. The van der Waals surface area contributed by atoms with Crippen LogP contribution in [0.4, 0.5) is 0 Å². The molecule has 0 aromatic carbocycles. The van der Waals surface area contributed by atoms with Crippen molar-refractivity contribution < 1.29 is 0 Å². The Morgan fingerprint density at radius 3 is 2.83 bits per heavy atom. The van der Waals surface area contributed by atoms with Gasteiger partial charge in [-0.2, -0.15) is 5.10 Å². The van der Waals surface area contributed by atoms with E-state index in [0.29, 0.717) is 12.6 Å². The van der Waals surface area contributed by atoms with Gasteiger partial charge in [-0.3, -0.25) is 4.68 Å². The second-order valence-corrected chi connectivity index (χ2v) is 4.61. The van der Waals surface area contributed by atoms with E-state index < -0.39 is 0 Å². The Bertz CT molecular complexity index is 401. The summed E-state index contributed by atoms with van der Waals surface area (Å²) in [7, 11) is 1.94. The van der Waals surface area contributed by atoms with E-state index in [1.165, 1.54) is 6.42 Å². The van der Waals surface area contributed by atoms with Crippen LogP contribution in [-0.4, -0.2) is 28.3 Å². The van der Waals surface area contributed by atoms with Gasteiger partial charge < -0.3 is 10.6 Å². The summed E-state index contributed by atoms with van der Waals surface area (Å²) in [6, 6.07) is 2.59. The fourth-order valence-corrected chi connectivity index (χ4v) is 1.74. The van der Waals surface area contributed by atoms with E-state index in [-0.39, 0.29) is 24.0 Å². The van der Waals surface area contributed by atoms with E-state index in [0.717, 1.165) is 24.1 Å². The molecule has 1 fully saturated rings. The van der Waals surface area contributed by atoms with Crippen LogP contribution in [-0.2, 0) is 13.6 Å². The van der Waals surface area contributed by atoms with Gasteiger partial charge in [-0.25, -0.2) is 4.99 Å². The van der Waals surface area contributed by atoms with Gasteiger partial charge in [0.1, 0.15) is 0 Å². The zero-order chi connectivity index (χ0) is 12.3. The van der Waals surface area contributed by atoms with Crippen LogP contribution in [0, 0.1) is 5.92 Å². The maximum Gasteiger partial charge on any atom is 0.191 e. The maximum atomic E-state index is 4.56. The highest BCUT2D eigenvalue weighted by Crippen LogP contribution is 2.28. The monoisotopic (exact) mass is 363 g/mol. The Kier molecular flexibility index (Phi) is 5.90. The minimum Gasteiger partial charge on any atom is -0.357 e. The first kappa shape index (κ1) is 15.3. The molecule has 1 aliphatic rings. The third-order valence-electron chi connectivity index (χ3n) is 3.10. The molecule has 102 valence electrons. The van der Waals surface area contributed by atoms with Gasteiger partial charge in [0.25, 0.3) is 0 Å². The van der Waals surface area contributed by atoms with Crippen LogP contribution in [0.25, 0.3) is 0 Å².